The highest BCUT2D eigenvalue weighted by Gasteiger charge is 2.23. The Morgan fingerprint density at radius 2 is 1.95 bits per heavy atom. The van der Waals surface area contributed by atoms with Gasteiger partial charge >= 0.3 is 0 Å². The Kier molecular flexibility index (Phi) is 3.71. The number of hydrogen-bond donors (Lipinski definition) is 1. The molecule has 2 N–H and O–H groups in total. The average Bonchev–Trinajstić information content (AvgIpc) is 2.64. The van der Waals surface area contributed by atoms with Crippen molar-refractivity contribution in [2.45, 2.75) is 20.8 Å². The minimum atomic E-state index is -0.296. The summed E-state index contributed by atoms with van der Waals surface area (Å²) in [6, 6.07) is 6.54. The van der Waals surface area contributed by atoms with Crippen molar-refractivity contribution >= 4 is 22.1 Å². The van der Waals surface area contributed by atoms with E-state index in [0.29, 0.717) is 16.1 Å². The van der Waals surface area contributed by atoms with E-state index in [-0.39, 0.29) is 17.5 Å². The maximum Gasteiger partial charge on any atom is 0.168 e. The standard InChI is InChI=1S/C15H16FNOS/c1-8(2)13(18)12-9(3)14(19-15(12)17)10-6-4-5-7-11(10)16/h4-8H,17H2,1-3H3. The van der Waals surface area contributed by atoms with Gasteiger partial charge in [0.15, 0.2) is 5.78 Å². The molecule has 1 heterocycles. The summed E-state index contributed by atoms with van der Waals surface area (Å²) in [5.41, 5.74) is 7.75. The Hall–Kier alpha value is -1.68. The smallest absolute Gasteiger partial charge is 0.168 e. The van der Waals surface area contributed by atoms with Gasteiger partial charge in [-0.15, -0.1) is 11.3 Å². The molecule has 2 rings (SSSR count). The van der Waals surface area contributed by atoms with Crippen LogP contribution in [-0.4, -0.2) is 5.78 Å². The molecule has 0 fully saturated rings. The van der Waals surface area contributed by atoms with E-state index in [0.717, 1.165) is 10.4 Å². The molecule has 0 aliphatic carbocycles. The van der Waals surface area contributed by atoms with Crippen LogP contribution in [-0.2, 0) is 0 Å². The molecule has 0 aliphatic rings. The number of nitrogen functional groups attached to an aromatic ring is 1. The molecule has 0 aliphatic heterocycles. The summed E-state index contributed by atoms with van der Waals surface area (Å²) in [5, 5.41) is 0.467. The van der Waals surface area contributed by atoms with Crippen molar-refractivity contribution < 1.29 is 9.18 Å². The normalized spacial score (nSPS) is 11.0. The molecular formula is C15H16FNOS. The minimum absolute atomic E-state index is 0.00818. The number of nitrogens with two attached hydrogens (primary N) is 1. The van der Waals surface area contributed by atoms with E-state index in [1.807, 2.05) is 20.8 Å². The average molecular weight is 277 g/mol. The van der Waals surface area contributed by atoms with Crippen molar-refractivity contribution in [2.24, 2.45) is 5.92 Å². The zero-order chi connectivity index (χ0) is 14.2. The molecule has 2 aromatic rings. The van der Waals surface area contributed by atoms with Crippen LogP contribution in [0.3, 0.4) is 0 Å². The molecule has 0 saturated heterocycles. The van der Waals surface area contributed by atoms with Crippen LogP contribution >= 0.6 is 11.3 Å². The van der Waals surface area contributed by atoms with Gasteiger partial charge in [-0.2, -0.15) is 0 Å². The van der Waals surface area contributed by atoms with Gasteiger partial charge in [-0.3, -0.25) is 4.79 Å². The fourth-order valence-electron chi connectivity index (χ4n) is 2.03. The van der Waals surface area contributed by atoms with Crippen LogP contribution in [0.25, 0.3) is 10.4 Å². The minimum Gasteiger partial charge on any atom is -0.390 e. The van der Waals surface area contributed by atoms with Gasteiger partial charge in [-0.25, -0.2) is 4.39 Å². The topological polar surface area (TPSA) is 43.1 Å². The van der Waals surface area contributed by atoms with E-state index in [9.17, 15) is 9.18 Å². The molecule has 0 radical (unpaired) electrons. The lowest BCUT2D eigenvalue weighted by molar-refractivity contribution is 0.0940. The van der Waals surface area contributed by atoms with Gasteiger partial charge in [0.25, 0.3) is 0 Å². The highest BCUT2D eigenvalue weighted by Crippen LogP contribution is 2.40. The van der Waals surface area contributed by atoms with Crippen molar-refractivity contribution in [2.75, 3.05) is 5.73 Å². The third kappa shape index (κ3) is 2.40. The zero-order valence-corrected chi connectivity index (χ0v) is 12.0. The number of anilines is 1. The number of ketones is 1. The lowest BCUT2D eigenvalue weighted by Crippen LogP contribution is -2.09. The summed E-state index contributed by atoms with van der Waals surface area (Å²) in [4.78, 5) is 12.9. The first kappa shape index (κ1) is 13.7. The van der Waals surface area contributed by atoms with E-state index < -0.39 is 0 Å². The van der Waals surface area contributed by atoms with Gasteiger partial charge in [0.2, 0.25) is 0 Å². The van der Waals surface area contributed by atoms with Gasteiger partial charge in [-0.1, -0.05) is 32.0 Å². The molecule has 0 bridgehead atoms. The summed E-state index contributed by atoms with van der Waals surface area (Å²) in [6.07, 6.45) is 0. The van der Waals surface area contributed by atoms with Crippen molar-refractivity contribution in [1.29, 1.82) is 0 Å². The summed E-state index contributed by atoms with van der Waals surface area (Å²) < 4.78 is 13.8. The van der Waals surface area contributed by atoms with E-state index in [4.69, 9.17) is 5.73 Å². The summed E-state index contributed by atoms with van der Waals surface area (Å²) in [7, 11) is 0. The Morgan fingerprint density at radius 1 is 1.32 bits per heavy atom. The first-order chi connectivity index (χ1) is 8.93. The Bertz CT molecular complexity index is 631. The van der Waals surface area contributed by atoms with Crippen LogP contribution in [0.1, 0.15) is 29.8 Å². The summed E-state index contributed by atoms with van der Waals surface area (Å²) in [5.74, 6) is -0.409. The Balaban J connectivity index is 2.60. The fraction of sp³-hybridized carbons (Fsp3) is 0.267. The van der Waals surface area contributed by atoms with E-state index in [2.05, 4.69) is 0 Å². The van der Waals surface area contributed by atoms with E-state index in [1.54, 1.807) is 18.2 Å². The second-order valence-corrected chi connectivity index (χ2v) is 5.85. The van der Waals surface area contributed by atoms with Crippen molar-refractivity contribution in [1.82, 2.24) is 0 Å². The maximum atomic E-state index is 13.8. The molecule has 1 aromatic carbocycles. The number of hydrogen-bond acceptors (Lipinski definition) is 3. The quantitative estimate of drug-likeness (QED) is 0.851. The molecule has 0 amide bonds. The molecule has 0 atom stereocenters. The number of Topliss-reactive ketones (excluding diaryl/α,β-unsaturated/α-hetero) is 1. The van der Waals surface area contributed by atoms with Gasteiger partial charge < -0.3 is 5.73 Å². The van der Waals surface area contributed by atoms with E-state index in [1.165, 1.54) is 17.4 Å². The third-order valence-electron chi connectivity index (χ3n) is 3.06. The fourth-order valence-corrected chi connectivity index (χ4v) is 3.14. The first-order valence-electron chi connectivity index (χ1n) is 6.11. The molecule has 1 aromatic heterocycles. The highest BCUT2D eigenvalue weighted by molar-refractivity contribution is 7.19. The lowest BCUT2D eigenvalue weighted by Gasteiger charge is -2.06. The SMILES string of the molecule is Cc1c(-c2ccccc2F)sc(N)c1C(=O)C(C)C. The van der Waals surface area contributed by atoms with Gasteiger partial charge in [-0.05, 0) is 18.6 Å². The van der Waals surface area contributed by atoms with Crippen molar-refractivity contribution in [3.63, 3.8) is 0 Å². The van der Waals surface area contributed by atoms with Crippen LogP contribution < -0.4 is 5.73 Å². The maximum absolute atomic E-state index is 13.8. The molecule has 100 valence electrons. The number of carbonyl (C=O) groups is 1. The van der Waals surface area contributed by atoms with Crippen LogP contribution in [0.4, 0.5) is 9.39 Å². The molecule has 2 nitrogen and oxygen atoms in total. The number of halogens is 1. The van der Waals surface area contributed by atoms with Crippen LogP contribution in [0.2, 0.25) is 0 Å². The van der Waals surface area contributed by atoms with Crippen molar-refractivity contribution in [3.8, 4) is 10.4 Å². The predicted octanol–water partition coefficient (Wildman–Crippen LogP) is 4.28. The van der Waals surface area contributed by atoms with Gasteiger partial charge in [0.1, 0.15) is 5.82 Å². The van der Waals surface area contributed by atoms with Gasteiger partial charge in [0.05, 0.1) is 10.6 Å². The predicted molar refractivity (Wildman–Crippen MR) is 78.0 cm³/mol. The van der Waals surface area contributed by atoms with Crippen LogP contribution in [0.15, 0.2) is 24.3 Å². The molecule has 0 saturated carbocycles. The highest BCUT2D eigenvalue weighted by atomic mass is 32.1. The van der Waals surface area contributed by atoms with Gasteiger partial charge in [0, 0.05) is 16.4 Å². The zero-order valence-electron chi connectivity index (χ0n) is 11.2. The lowest BCUT2D eigenvalue weighted by atomic mass is 9.97. The Morgan fingerprint density at radius 3 is 2.53 bits per heavy atom. The Labute approximate surface area is 116 Å². The molecular weight excluding hydrogens is 261 g/mol. The second-order valence-electron chi connectivity index (χ2n) is 4.79. The summed E-state index contributed by atoms with van der Waals surface area (Å²) in [6.45, 7) is 5.49. The monoisotopic (exact) mass is 277 g/mol. The molecule has 0 spiro atoms. The number of benzene rings is 1. The number of carbonyl (C=O) groups excluding carboxylic acids is 1. The van der Waals surface area contributed by atoms with Crippen LogP contribution in [0, 0.1) is 18.7 Å². The molecule has 19 heavy (non-hydrogen) atoms. The number of rotatable bonds is 3. The first-order valence-corrected chi connectivity index (χ1v) is 6.93. The van der Waals surface area contributed by atoms with E-state index >= 15 is 0 Å². The molecule has 4 heteroatoms. The summed E-state index contributed by atoms with van der Waals surface area (Å²) >= 11 is 1.27. The largest absolute Gasteiger partial charge is 0.390 e. The van der Waals surface area contributed by atoms with Crippen molar-refractivity contribution in [3.05, 3.63) is 41.2 Å². The molecule has 0 unspecified atom stereocenters. The van der Waals surface area contributed by atoms with Crippen LogP contribution in [0.5, 0.6) is 0 Å². The second kappa shape index (κ2) is 5.13. The number of thiophene rings is 1. The third-order valence-corrected chi connectivity index (χ3v) is 4.22.